The summed E-state index contributed by atoms with van der Waals surface area (Å²) in [6.45, 7) is -0.356. The van der Waals surface area contributed by atoms with Crippen molar-refractivity contribution in [1.29, 1.82) is 0 Å². The maximum absolute atomic E-state index is 14.5. The molecule has 1 aliphatic carbocycles. The molecule has 5 rings (SSSR count). The third-order valence-electron chi connectivity index (χ3n) is 7.09. The Morgan fingerprint density at radius 1 is 1.20 bits per heavy atom. The van der Waals surface area contributed by atoms with Gasteiger partial charge in [-0.3, -0.25) is 14.4 Å². The molecule has 2 aromatic heterocycles. The van der Waals surface area contributed by atoms with Gasteiger partial charge in [-0.25, -0.2) is 14.4 Å². The minimum absolute atomic E-state index is 0.0464. The Kier molecular flexibility index (Phi) is 6.40. The van der Waals surface area contributed by atoms with Gasteiger partial charge in [-0.05, 0) is 50.1 Å². The predicted molar refractivity (Wildman–Crippen MR) is 131 cm³/mol. The third-order valence-corrected chi connectivity index (χ3v) is 7.09. The Bertz CT molecular complexity index is 1570. The number of pyridine rings is 1. The van der Waals surface area contributed by atoms with Gasteiger partial charge in [0.15, 0.2) is 0 Å². The lowest BCUT2D eigenvalue weighted by Gasteiger charge is -2.31. The van der Waals surface area contributed by atoms with Crippen LogP contribution in [0, 0.1) is 5.82 Å². The van der Waals surface area contributed by atoms with Crippen molar-refractivity contribution in [3.8, 4) is 17.0 Å². The molecular formula is C26H23F4N5O5. The van der Waals surface area contributed by atoms with E-state index in [1.54, 1.807) is 0 Å². The number of H-pyrrole nitrogens is 1. The van der Waals surface area contributed by atoms with E-state index in [9.17, 15) is 37.1 Å². The molecule has 0 saturated heterocycles. The molecule has 2 amide bonds. The highest BCUT2D eigenvalue weighted by Gasteiger charge is 2.57. The average molecular weight is 561 g/mol. The number of benzene rings is 1. The molecule has 2 aliphatic rings. The van der Waals surface area contributed by atoms with Crippen molar-refractivity contribution in [2.45, 2.75) is 42.9 Å². The number of hydrogen-bond donors (Lipinski definition) is 4. The van der Waals surface area contributed by atoms with E-state index in [0.717, 1.165) is 37.1 Å². The molecule has 5 N–H and O–H groups in total. The Morgan fingerprint density at radius 2 is 1.88 bits per heavy atom. The quantitative estimate of drug-likeness (QED) is 0.322. The number of carbonyl (C=O) groups excluding carboxylic acids is 2. The summed E-state index contributed by atoms with van der Waals surface area (Å²) in [5, 5.41) is 13.1. The van der Waals surface area contributed by atoms with Gasteiger partial charge in [0.2, 0.25) is 11.5 Å². The van der Waals surface area contributed by atoms with Crippen LogP contribution < -0.4 is 21.3 Å². The summed E-state index contributed by atoms with van der Waals surface area (Å²) in [5.74, 6) is -2.49. The third kappa shape index (κ3) is 4.68. The van der Waals surface area contributed by atoms with Crippen LogP contribution in [0.1, 0.15) is 53.3 Å². The Balaban J connectivity index is 1.58. The van der Waals surface area contributed by atoms with Gasteiger partial charge in [0.05, 0.1) is 12.2 Å². The summed E-state index contributed by atoms with van der Waals surface area (Å²) in [7, 11) is 0. The number of rotatable bonds is 7. The Morgan fingerprint density at radius 3 is 2.48 bits per heavy atom. The molecular weight excluding hydrogens is 538 g/mol. The molecule has 0 spiro atoms. The molecule has 1 saturated carbocycles. The first kappa shape index (κ1) is 27.2. The Hall–Kier alpha value is -4.33. The van der Waals surface area contributed by atoms with Crippen molar-refractivity contribution in [2.75, 3.05) is 13.2 Å². The maximum atomic E-state index is 14.5. The first-order valence-corrected chi connectivity index (χ1v) is 12.2. The van der Waals surface area contributed by atoms with E-state index < -0.39 is 58.3 Å². The van der Waals surface area contributed by atoms with Crippen LogP contribution in [0.5, 0.6) is 5.75 Å². The van der Waals surface area contributed by atoms with Gasteiger partial charge in [0, 0.05) is 23.1 Å². The second-order valence-corrected chi connectivity index (χ2v) is 10.1. The second kappa shape index (κ2) is 9.40. The fourth-order valence-corrected chi connectivity index (χ4v) is 4.38. The Labute approximate surface area is 223 Å². The van der Waals surface area contributed by atoms with Crippen LogP contribution >= 0.6 is 0 Å². The van der Waals surface area contributed by atoms with Crippen LogP contribution in [-0.4, -0.2) is 51.2 Å². The maximum Gasteiger partial charge on any atom is 0.424 e. The average Bonchev–Trinajstić information content (AvgIpc) is 3.69. The number of ether oxygens (including phenoxy) is 1. The summed E-state index contributed by atoms with van der Waals surface area (Å²) < 4.78 is 62.7. The number of nitrogens with zero attached hydrogens (tertiary/aromatic N) is 2. The van der Waals surface area contributed by atoms with Crippen molar-refractivity contribution >= 4 is 11.8 Å². The molecule has 1 unspecified atom stereocenters. The number of fused-ring (bicyclic) bond motifs is 1. The molecule has 40 heavy (non-hydrogen) atoms. The predicted octanol–water partition coefficient (Wildman–Crippen LogP) is 2.16. The smallest absolute Gasteiger partial charge is 0.424 e. The van der Waals surface area contributed by atoms with E-state index in [0.29, 0.717) is 0 Å². The highest BCUT2D eigenvalue weighted by atomic mass is 19.4. The standard InChI is InChI=1S/C26H23F4N5O5/c1-24(23(31)38)11-40-20-15(24)8-17(34-19(20)12-4-6-14(27)7-5-12)25(39,26(28,29)30)10-32-22(37)16-9-18(36)35-21(33-16)13-2-3-13/h4-9,13,39H,2-3,10-11H2,1H3,(H2,31,38)(H,32,37)(H,33,35,36)/t24-,25?/m0/s1. The minimum atomic E-state index is -5.38. The van der Waals surface area contributed by atoms with Gasteiger partial charge in [0.25, 0.3) is 11.5 Å². The number of aromatic nitrogens is 3. The van der Waals surface area contributed by atoms with E-state index in [4.69, 9.17) is 10.5 Å². The number of carbonyl (C=O) groups is 2. The minimum Gasteiger partial charge on any atom is -0.489 e. The van der Waals surface area contributed by atoms with Crippen molar-refractivity contribution in [1.82, 2.24) is 20.3 Å². The molecule has 14 heteroatoms. The monoisotopic (exact) mass is 561 g/mol. The summed E-state index contributed by atoms with van der Waals surface area (Å²) in [4.78, 5) is 47.6. The van der Waals surface area contributed by atoms with Crippen LogP contribution in [0.4, 0.5) is 17.6 Å². The second-order valence-electron chi connectivity index (χ2n) is 10.1. The van der Waals surface area contributed by atoms with Gasteiger partial charge >= 0.3 is 6.18 Å². The highest BCUT2D eigenvalue weighted by Crippen LogP contribution is 2.47. The number of aliphatic hydroxyl groups is 1. The molecule has 1 aliphatic heterocycles. The number of amides is 2. The van der Waals surface area contributed by atoms with E-state index in [-0.39, 0.29) is 40.9 Å². The zero-order valence-corrected chi connectivity index (χ0v) is 20.9. The summed E-state index contributed by atoms with van der Waals surface area (Å²) in [6, 6.07) is 6.29. The lowest BCUT2D eigenvalue weighted by atomic mass is 9.81. The number of aromatic amines is 1. The van der Waals surface area contributed by atoms with Crippen molar-refractivity contribution in [2.24, 2.45) is 5.73 Å². The van der Waals surface area contributed by atoms with Gasteiger partial charge < -0.3 is 25.9 Å². The van der Waals surface area contributed by atoms with E-state index in [2.05, 4.69) is 15.0 Å². The number of halogens is 4. The van der Waals surface area contributed by atoms with Gasteiger partial charge in [0.1, 0.15) is 40.8 Å². The molecule has 0 radical (unpaired) electrons. The lowest BCUT2D eigenvalue weighted by Crippen LogP contribution is -2.52. The first-order chi connectivity index (χ1) is 18.7. The zero-order valence-electron chi connectivity index (χ0n) is 20.9. The highest BCUT2D eigenvalue weighted by molar-refractivity contribution is 5.92. The number of nitrogens with one attached hydrogen (secondary N) is 2. The SMILES string of the molecule is C[C@]1(C(N)=O)COc2c1cc(C(O)(CNC(=O)c1cc(=O)[nH]c(C3CC3)n1)C(F)(F)F)nc2-c1ccc(F)cc1. The van der Waals surface area contributed by atoms with Crippen molar-refractivity contribution in [3.05, 3.63) is 75.3 Å². The van der Waals surface area contributed by atoms with Crippen molar-refractivity contribution in [3.63, 3.8) is 0 Å². The summed E-state index contributed by atoms with van der Waals surface area (Å²) in [6.07, 6.45) is -3.89. The topological polar surface area (TPSA) is 160 Å². The van der Waals surface area contributed by atoms with Crippen LogP contribution in [-0.2, 0) is 15.8 Å². The first-order valence-electron chi connectivity index (χ1n) is 12.2. The normalized spacial score (nSPS) is 19.9. The lowest BCUT2D eigenvalue weighted by molar-refractivity contribution is -0.265. The van der Waals surface area contributed by atoms with Crippen LogP contribution in [0.2, 0.25) is 0 Å². The summed E-state index contributed by atoms with van der Waals surface area (Å²) in [5.41, 5.74) is -1.95. The molecule has 0 bridgehead atoms. The molecule has 1 aromatic carbocycles. The van der Waals surface area contributed by atoms with Crippen LogP contribution in [0.15, 0.2) is 41.2 Å². The molecule has 210 valence electrons. The molecule has 3 aromatic rings. The van der Waals surface area contributed by atoms with Crippen molar-refractivity contribution < 1.29 is 37.0 Å². The fraction of sp³-hybridized carbons (Fsp3) is 0.346. The fourth-order valence-electron chi connectivity index (χ4n) is 4.38. The molecule has 1 fully saturated rings. The van der Waals surface area contributed by atoms with E-state index in [1.165, 1.54) is 19.1 Å². The van der Waals surface area contributed by atoms with Crippen LogP contribution in [0.3, 0.4) is 0 Å². The molecule has 2 atom stereocenters. The van der Waals surface area contributed by atoms with E-state index in [1.807, 2.05) is 5.32 Å². The zero-order chi connectivity index (χ0) is 29.0. The number of alkyl halides is 3. The summed E-state index contributed by atoms with van der Waals surface area (Å²) >= 11 is 0. The van der Waals surface area contributed by atoms with Gasteiger partial charge in [-0.2, -0.15) is 13.2 Å². The number of hydrogen-bond acceptors (Lipinski definition) is 7. The van der Waals surface area contributed by atoms with Gasteiger partial charge in [-0.1, -0.05) is 0 Å². The number of primary amides is 1. The largest absolute Gasteiger partial charge is 0.489 e. The molecule has 10 nitrogen and oxygen atoms in total. The van der Waals surface area contributed by atoms with E-state index >= 15 is 0 Å². The van der Waals surface area contributed by atoms with Crippen LogP contribution in [0.25, 0.3) is 11.3 Å². The molecule has 3 heterocycles. The number of nitrogens with two attached hydrogens (primary N) is 1. The van der Waals surface area contributed by atoms with Gasteiger partial charge in [-0.15, -0.1) is 0 Å².